The molecule has 1 aliphatic heterocycles. The average molecular weight is 290 g/mol. The Labute approximate surface area is 108 Å². The molecule has 2 rings (SSSR count). The van der Waals surface area contributed by atoms with Crippen molar-refractivity contribution in [3.63, 3.8) is 0 Å². The highest BCUT2D eigenvalue weighted by Crippen LogP contribution is 2.42. The summed E-state index contributed by atoms with van der Waals surface area (Å²) in [5, 5.41) is 1.16. The van der Waals surface area contributed by atoms with E-state index in [2.05, 4.69) is 27.9 Å². The van der Waals surface area contributed by atoms with Crippen molar-refractivity contribution in [3.05, 3.63) is 0 Å². The molecular formula is C13H24BrNO. The summed E-state index contributed by atoms with van der Waals surface area (Å²) in [7, 11) is 2.25. The van der Waals surface area contributed by atoms with Crippen LogP contribution in [-0.4, -0.2) is 43.1 Å². The van der Waals surface area contributed by atoms with Gasteiger partial charge in [0.05, 0.1) is 6.10 Å². The molecule has 0 amide bonds. The first kappa shape index (κ1) is 12.8. The fraction of sp³-hybridized carbons (Fsp3) is 1.00. The second-order valence-corrected chi connectivity index (χ2v) is 6.23. The van der Waals surface area contributed by atoms with Gasteiger partial charge >= 0.3 is 0 Å². The first-order chi connectivity index (χ1) is 7.74. The van der Waals surface area contributed by atoms with Gasteiger partial charge in [0.1, 0.15) is 0 Å². The molecule has 16 heavy (non-hydrogen) atoms. The molecule has 94 valence electrons. The minimum Gasteiger partial charge on any atom is -0.377 e. The summed E-state index contributed by atoms with van der Waals surface area (Å²) >= 11 is 3.68. The van der Waals surface area contributed by atoms with Gasteiger partial charge in [-0.1, -0.05) is 22.4 Å². The Morgan fingerprint density at radius 3 is 2.62 bits per heavy atom. The summed E-state index contributed by atoms with van der Waals surface area (Å²) in [4.78, 5) is 2.48. The summed E-state index contributed by atoms with van der Waals surface area (Å²) in [6, 6.07) is 0. The first-order valence-corrected chi connectivity index (χ1v) is 7.72. The van der Waals surface area contributed by atoms with Crippen molar-refractivity contribution in [1.82, 2.24) is 4.90 Å². The highest BCUT2D eigenvalue weighted by molar-refractivity contribution is 9.09. The van der Waals surface area contributed by atoms with E-state index < -0.39 is 0 Å². The summed E-state index contributed by atoms with van der Waals surface area (Å²) in [5.41, 5.74) is 0.573. The lowest BCUT2D eigenvalue weighted by Crippen LogP contribution is -2.45. The van der Waals surface area contributed by atoms with E-state index in [1.807, 2.05) is 0 Å². The third kappa shape index (κ3) is 3.21. The number of ether oxygens (including phenoxy) is 1. The van der Waals surface area contributed by atoms with Gasteiger partial charge in [0.15, 0.2) is 0 Å². The van der Waals surface area contributed by atoms with Crippen molar-refractivity contribution < 1.29 is 4.74 Å². The Balaban J connectivity index is 1.72. The van der Waals surface area contributed by atoms with Crippen LogP contribution in [0.15, 0.2) is 0 Å². The fourth-order valence-corrected chi connectivity index (χ4v) is 3.68. The lowest BCUT2D eigenvalue weighted by molar-refractivity contribution is -0.0120. The Hall–Kier alpha value is 0.400. The molecule has 1 unspecified atom stereocenters. The van der Waals surface area contributed by atoms with E-state index in [4.69, 9.17) is 4.74 Å². The van der Waals surface area contributed by atoms with Crippen LogP contribution in [0.1, 0.15) is 38.5 Å². The second kappa shape index (κ2) is 5.83. The van der Waals surface area contributed by atoms with E-state index in [1.165, 1.54) is 45.1 Å². The summed E-state index contributed by atoms with van der Waals surface area (Å²) in [5.74, 6) is 0. The van der Waals surface area contributed by atoms with Crippen LogP contribution in [0.5, 0.6) is 0 Å². The van der Waals surface area contributed by atoms with Gasteiger partial charge in [0.2, 0.25) is 0 Å². The Bertz CT molecular complexity index is 206. The molecule has 1 saturated heterocycles. The van der Waals surface area contributed by atoms with E-state index in [0.29, 0.717) is 11.5 Å². The SMILES string of the molecule is CN(CC1CCCCO1)CC1(CBr)CCC1. The van der Waals surface area contributed by atoms with Crippen LogP contribution in [0.25, 0.3) is 0 Å². The second-order valence-electron chi connectivity index (χ2n) is 5.67. The van der Waals surface area contributed by atoms with Crippen LogP contribution >= 0.6 is 15.9 Å². The predicted octanol–water partition coefficient (Wildman–Crippen LogP) is 3.05. The van der Waals surface area contributed by atoms with Crippen molar-refractivity contribution in [1.29, 1.82) is 0 Å². The summed E-state index contributed by atoms with van der Waals surface area (Å²) in [6.07, 6.45) is 8.56. The van der Waals surface area contributed by atoms with Gasteiger partial charge in [-0.25, -0.2) is 0 Å². The summed E-state index contributed by atoms with van der Waals surface area (Å²) < 4.78 is 5.80. The van der Waals surface area contributed by atoms with E-state index >= 15 is 0 Å². The number of likely N-dealkylation sites (N-methyl/N-ethyl adjacent to an activating group) is 1. The van der Waals surface area contributed by atoms with Crippen LogP contribution in [0.3, 0.4) is 0 Å². The molecule has 0 aromatic heterocycles. The molecule has 0 bridgehead atoms. The maximum Gasteiger partial charge on any atom is 0.0701 e. The van der Waals surface area contributed by atoms with Crippen molar-refractivity contribution in [3.8, 4) is 0 Å². The van der Waals surface area contributed by atoms with Gasteiger partial charge in [0.25, 0.3) is 0 Å². The number of hydrogen-bond donors (Lipinski definition) is 0. The van der Waals surface area contributed by atoms with Crippen LogP contribution in [-0.2, 0) is 4.74 Å². The van der Waals surface area contributed by atoms with Gasteiger partial charge < -0.3 is 9.64 Å². The quantitative estimate of drug-likeness (QED) is 0.722. The van der Waals surface area contributed by atoms with Crippen LogP contribution in [0.2, 0.25) is 0 Å². The third-order valence-corrected chi connectivity index (χ3v) is 5.28. The molecule has 1 atom stereocenters. The minimum absolute atomic E-state index is 0.492. The van der Waals surface area contributed by atoms with Crippen molar-refractivity contribution in [2.45, 2.75) is 44.6 Å². The molecule has 0 N–H and O–H groups in total. The molecule has 2 aliphatic rings. The normalized spacial score (nSPS) is 29.1. The van der Waals surface area contributed by atoms with Gasteiger partial charge in [-0.15, -0.1) is 0 Å². The molecule has 0 aromatic rings. The molecule has 0 aromatic carbocycles. The highest BCUT2D eigenvalue weighted by atomic mass is 79.9. The van der Waals surface area contributed by atoms with Gasteiger partial charge in [-0.3, -0.25) is 0 Å². The monoisotopic (exact) mass is 289 g/mol. The smallest absolute Gasteiger partial charge is 0.0701 e. The Kier molecular flexibility index (Phi) is 4.68. The average Bonchev–Trinajstić information content (AvgIpc) is 2.25. The standard InChI is InChI=1S/C13H24BrNO/c1-15(9-12-5-2-3-8-16-12)11-13(10-14)6-4-7-13/h12H,2-11H2,1H3. The van der Waals surface area contributed by atoms with E-state index in [9.17, 15) is 0 Å². The van der Waals surface area contributed by atoms with Crippen molar-refractivity contribution in [2.24, 2.45) is 5.41 Å². The van der Waals surface area contributed by atoms with Crippen molar-refractivity contribution in [2.75, 3.05) is 32.1 Å². The molecule has 2 nitrogen and oxygen atoms in total. The van der Waals surface area contributed by atoms with E-state index in [-0.39, 0.29) is 0 Å². The zero-order chi connectivity index (χ0) is 11.4. The fourth-order valence-electron chi connectivity index (χ4n) is 2.95. The van der Waals surface area contributed by atoms with Crippen LogP contribution < -0.4 is 0 Å². The maximum atomic E-state index is 5.80. The largest absolute Gasteiger partial charge is 0.377 e. The minimum atomic E-state index is 0.492. The van der Waals surface area contributed by atoms with E-state index in [1.54, 1.807) is 0 Å². The van der Waals surface area contributed by atoms with E-state index in [0.717, 1.165) is 18.5 Å². The molecule has 0 spiro atoms. The highest BCUT2D eigenvalue weighted by Gasteiger charge is 2.37. The van der Waals surface area contributed by atoms with Gasteiger partial charge in [-0.05, 0) is 44.6 Å². The third-order valence-electron chi connectivity index (χ3n) is 4.09. The van der Waals surface area contributed by atoms with Crippen molar-refractivity contribution >= 4 is 15.9 Å². The number of nitrogens with zero attached hydrogens (tertiary/aromatic N) is 1. The molecule has 1 heterocycles. The number of hydrogen-bond acceptors (Lipinski definition) is 2. The molecule has 2 fully saturated rings. The molecule has 1 saturated carbocycles. The molecular weight excluding hydrogens is 266 g/mol. The molecule has 3 heteroatoms. The molecule has 0 radical (unpaired) electrons. The van der Waals surface area contributed by atoms with Gasteiger partial charge in [-0.2, -0.15) is 0 Å². The number of halogens is 1. The summed E-state index contributed by atoms with van der Waals surface area (Å²) in [6.45, 7) is 3.33. The first-order valence-electron chi connectivity index (χ1n) is 6.60. The lowest BCUT2D eigenvalue weighted by atomic mass is 9.70. The van der Waals surface area contributed by atoms with Crippen LogP contribution in [0, 0.1) is 5.41 Å². The number of alkyl halides is 1. The Morgan fingerprint density at radius 1 is 1.31 bits per heavy atom. The topological polar surface area (TPSA) is 12.5 Å². The lowest BCUT2D eigenvalue weighted by Gasteiger charge is -2.44. The zero-order valence-corrected chi connectivity index (χ0v) is 12.0. The van der Waals surface area contributed by atoms with Crippen LogP contribution in [0.4, 0.5) is 0 Å². The van der Waals surface area contributed by atoms with Gasteiger partial charge in [0, 0.05) is 25.0 Å². The predicted molar refractivity (Wildman–Crippen MR) is 71.2 cm³/mol. The molecule has 1 aliphatic carbocycles. The maximum absolute atomic E-state index is 5.80. The zero-order valence-electron chi connectivity index (χ0n) is 10.4. The Morgan fingerprint density at radius 2 is 2.12 bits per heavy atom. The number of rotatable bonds is 5.